The largest absolute Gasteiger partial charge is 0.465 e. The number of nitrogens with one attached hydrogen (secondary N) is 1. The van der Waals surface area contributed by atoms with E-state index in [2.05, 4.69) is 25.4 Å². The molecule has 0 aromatic carbocycles. The Morgan fingerprint density at radius 2 is 1.82 bits per heavy atom. The Bertz CT molecular complexity index is 654. The summed E-state index contributed by atoms with van der Waals surface area (Å²) in [7, 11) is 0. The predicted molar refractivity (Wildman–Crippen MR) is 91.9 cm³/mol. The summed E-state index contributed by atoms with van der Waals surface area (Å²) in [5, 5.41) is 48.7. The highest BCUT2D eigenvalue weighted by molar-refractivity contribution is 5.64. The van der Waals surface area contributed by atoms with Crippen molar-refractivity contribution in [2.75, 3.05) is 0 Å². The predicted octanol–water partition coefficient (Wildman–Crippen LogP) is 0.377. The molecule has 2 aliphatic rings. The Morgan fingerprint density at radius 3 is 2.43 bits per heavy atom. The summed E-state index contributed by atoms with van der Waals surface area (Å²) in [6.45, 7) is 1.60. The van der Waals surface area contributed by atoms with Crippen LogP contribution in [0.5, 0.6) is 0 Å². The maximum absolute atomic E-state index is 10.8. The molecule has 14 nitrogen and oxygen atoms in total. The summed E-state index contributed by atoms with van der Waals surface area (Å²) < 4.78 is 11.3. The van der Waals surface area contributed by atoms with Crippen LogP contribution >= 0.6 is 0 Å². The van der Waals surface area contributed by atoms with Gasteiger partial charge in [0.05, 0.1) is 36.4 Å². The van der Waals surface area contributed by atoms with E-state index in [1.807, 2.05) is 0 Å². The maximum atomic E-state index is 10.8. The summed E-state index contributed by atoms with van der Waals surface area (Å²) in [6, 6.07) is -2.58. The summed E-state index contributed by atoms with van der Waals surface area (Å²) in [4.78, 5) is 16.1. The average molecular weight is 401 g/mol. The van der Waals surface area contributed by atoms with Crippen LogP contribution < -0.4 is 5.32 Å². The molecule has 0 aromatic rings. The summed E-state index contributed by atoms with van der Waals surface area (Å²) in [5.41, 5.74) is 17.3. The molecule has 0 spiro atoms. The van der Waals surface area contributed by atoms with E-state index in [0.29, 0.717) is 6.42 Å². The minimum absolute atomic E-state index is 0.0692. The highest BCUT2D eigenvalue weighted by Crippen LogP contribution is 2.31. The van der Waals surface area contributed by atoms with Crippen molar-refractivity contribution in [1.82, 2.24) is 5.32 Å². The quantitative estimate of drug-likeness (QED) is 0.238. The minimum Gasteiger partial charge on any atom is -0.465 e. The molecular formula is C14H23N7O7. The molecule has 2 rings (SSSR count). The van der Waals surface area contributed by atoms with E-state index in [4.69, 9.17) is 25.6 Å². The molecule has 0 aromatic heterocycles. The molecule has 5 N–H and O–H groups in total. The molecule has 0 radical (unpaired) electrons. The lowest BCUT2D eigenvalue weighted by Gasteiger charge is -2.43. The molecule has 1 amide bonds. The molecule has 14 heteroatoms. The fourth-order valence-electron chi connectivity index (χ4n) is 3.44. The van der Waals surface area contributed by atoms with E-state index in [1.165, 1.54) is 0 Å². The number of aliphatic hydroxyl groups is 3. The number of carboxylic acid groups (broad SMARTS) is 1. The molecule has 1 heterocycles. The van der Waals surface area contributed by atoms with Gasteiger partial charge in [0.2, 0.25) is 0 Å². The number of hydrogen-bond donors (Lipinski definition) is 5. The van der Waals surface area contributed by atoms with Crippen LogP contribution in [0.4, 0.5) is 4.79 Å². The first-order chi connectivity index (χ1) is 13.3. The van der Waals surface area contributed by atoms with Gasteiger partial charge < -0.3 is 35.2 Å². The molecule has 28 heavy (non-hydrogen) atoms. The van der Waals surface area contributed by atoms with Crippen LogP contribution in [0.15, 0.2) is 10.2 Å². The number of hydrogen-bond acceptors (Lipinski definition) is 8. The van der Waals surface area contributed by atoms with E-state index in [-0.39, 0.29) is 12.8 Å². The first kappa shape index (κ1) is 22.0. The van der Waals surface area contributed by atoms with Crippen molar-refractivity contribution < 1.29 is 34.7 Å². The lowest BCUT2D eigenvalue weighted by molar-refractivity contribution is -0.281. The third-order valence-electron chi connectivity index (χ3n) is 4.91. The average Bonchev–Trinajstić information content (AvgIpc) is 2.63. The Hall–Kier alpha value is -2.31. The molecule has 0 unspecified atom stereocenters. The van der Waals surface area contributed by atoms with Crippen molar-refractivity contribution in [1.29, 1.82) is 0 Å². The van der Waals surface area contributed by atoms with E-state index in [0.717, 1.165) is 0 Å². The lowest BCUT2D eigenvalue weighted by atomic mass is 9.84. The minimum atomic E-state index is -1.56. The normalized spacial score (nSPS) is 39.1. The number of nitrogens with zero attached hydrogens (tertiary/aromatic N) is 6. The van der Waals surface area contributed by atoms with Crippen LogP contribution in [-0.2, 0) is 9.47 Å². The van der Waals surface area contributed by atoms with E-state index < -0.39 is 61.0 Å². The molecule has 156 valence electrons. The van der Waals surface area contributed by atoms with E-state index in [9.17, 15) is 20.1 Å². The number of ether oxygens (including phenoxy) is 2. The topological polar surface area (TPSA) is 226 Å². The van der Waals surface area contributed by atoms with Gasteiger partial charge in [-0.05, 0) is 37.2 Å². The maximum Gasteiger partial charge on any atom is 0.404 e. The van der Waals surface area contributed by atoms with Crippen LogP contribution in [0, 0.1) is 0 Å². The van der Waals surface area contributed by atoms with Crippen LogP contribution in [0.25, 0.3) is 20.9 Å². The van der Waals surface area contributed by atoms with Gasteiger partial charge in [0.1, 0.15) is 12.2 Å². The van der Waals surface area contributed by atoms with Crippen molar-refractivity contribution in [2.45, 2.75) is 81.1 Å². The number of azide groups is 2. The Kier molecular flexibility index (Phi) is 7.66. The standard InChI is InChI=1S/C14H23N7O7/c1-5(17-14(25)26)9-3-2-8(22)13(27-9)28-12-7(19-21-16)4-6(18-20-15)10(23)11(12)24/h5-13,17,22-24H,2-4H2,1H3,(H,25,26)/t5-,6-,7+,8+,9+,10+,11-,12-,13-/m1/s1. The van der Waals surface area contributed by atoms with Crippen molar-refractivity contribution in [2.24, 2.45) is 10.2 Å². The number of carbonyl (C=O) groups is 1. The summed E-state index contributed by atoms with van der Waals surface area (Å²) in [5.74, 6) is 0. The Morgan fingerprint density at radius 1 is 1.18 bits per heavy atom. The van der Waals surface area contributed by atoms with Crippen molar-refractivity contribution in [3.63, 3.8) is 0 Å². The van der Waals surface area contributed by atoms with Crippen LogP contribution in [0.3, 0.4) is 0 Å². The van der Waals surface area contributed by atoms with E-state index >= 15 is 0 Å². The lowest BCUT2D eigenvalue weighted by Crippen LogP contribution is -2.58. The van der Waals surface area contributed by atoms with Gasteiger partial charge in [-0.3, -0.25) is 0 Å². The molecular weight excluding hydrogens is 378 g/mol. The molecule has 1 saturated carbocycles. The van der Waals surface area contributed by atoms with Gasteiger partial charge in [0, 0.05) is 9.82 Å². The van der Waals surface area contributed by atoms with Gasteiger partial charge in [-0.1, -0.05) is 10.2 Å². The second-order valence-electron chi connectivity index (χ2n) is 6.79. The van der Waals surface area contributed by atoms with Gasteiger partial charge in [-0.15, -0.1) is 0 Å². The zero-order valence-corrected chi connectivity index (χ0v) is 15.0. The zero-order chi connectivity index (χ0) is 20.8. The zero-order valence-electron chi connectivity index (χ0n) is 15.0. The number of aliphatic hydroxyl groups excluding tert-OH is 3. The summed E-state index contributed by atoms with van der Waals surface area (Å²) >= 11 is 0. The first-order valence-corrected chi connectivity index (χ1v) is 8.71. The van der Waals surface area contributed by atoms with Gasteiger partial charge in [-0.2, -0.15) is 0 Å². The second-order valence-corrected chi connectivity index (χ2v) is 6.79. The van der Waals surface area contributed by atoms with Crippen LogP contribution in [0.2, 0.25) is 0 Å². The van der Waals surface area contributed by atoms with Gasteiger partial charge in [-0.25, -0.2) is 4.79 Å². The summed E-state index contributed by atoms with van der Waals surface area (Å²) in [6.07, 6.45) is -7.83. The molecule has 0 bridgehead atoms. The number of amides is 1. The van der Waals surface area contributed by atoms with Crippen molar-refractivity contribution in [3.05, 3.63) is 20.9 Å². The van der Waals surface area contributed by atoms with Gasteiger partial charge >= 0.3 is 6.09 Å². The van der Waals surface area contributed by atoms with Gasteiger partial charge in [0.25, 0.3) is 0 Å². The first-order valence-electron chi connectivity index (χ1n) is 8.71. The van der Waals surface area contributed by atoms with Gasteiger partial charge in [0.15, 0.2) is 6.29 Å². The third-order valence-corrected chi connectivity index (χ3v) is 4.91. The number of rotatable bonds is 6. The SMILES string of the molecule is C[C@@H](NC(=O)O)[C@@H]1CC[C@H](O)[C@@H](O[C@H]2[C@H](O)[C@@H](O)[C@H](N=[N+]=[N-])C[C@@H]2N=[N+]=[N-])O1. The Labute approximate surface area is 159 Å². The van der Waals surface area contributed by atoms with Crippen LogP contribution in [0.1, 0.15) is 26.2 Å². The fourth-order valence-corrected chi connectivity index (χ4v) is 3.44. The smallest absolute Gasteiger partial charge is 0.404 e. The van der Waals surface area contributed by atoms with Crippen molar-refractivity contribution >= 4 is 6.09 Å². The highest BCUT2D eigenvalue weighted by Gasteiger charge is 2.46. The monoisotopic (exact) mass is 401 g/mol. The molecule has 1 aliphatic carbocycles. The third kappa shape index (κ3) is 5.14. The molecule has 1 aliphatic heterocycles. The van der Waals surface area contributed by atoms with E-state index in [1.54, 1.807) is 6.92 Å². The molecule has 2 fully saturated rings. The highest BCUT2D eigenvalue weighted by atomic mass is 16.7. The molecule has 1 saturated heterocycles. The Balaban J connectivity index is 2.14. The van der Waals surface area contributed by atoms with Crippen LogP contribution in [-0.4, -0.2) is 81.5 Å². The fraction of sp³-hybridized carbons (Fsp3) is 0.929. The second kappa shape index (κ2) is 9.75. The molecule has 9 atom stereocenters. The van der Waals surface area contributed by atoms with Crippen molar-refractivity contribution in [3.8, 4) is 0 Å².